The third kappa shape index (κ3) is 4.01. The topological polar surface area (TPSA) is 65.8 Å². The smallest absolute Gasteiger partial charge is 0.376 e. The zero-order chi connectivity index (χ0) is 13.5. The largest absolute Gasteiger partial charge is 0.437 e. The van der Waals surface area contributed by atoms with Gasteiger partial charge in [0.15, 0.2) is 0 Å². The van der Waals surface area contributed by atoms with E-state index in [1.54, 1.807) is 17.7 Å². The van der Waals surface area contributed by atoms with Gasteiger partial charge in [-0.25, -0.2) is 4.39 Å². The molecule has 0 radical (unpaired) electrons. The summed E-state index contributed by atoms with van der Waals surface area (Å²) >= 11 is 0. The van der Waals surface area contributed by atoms with E-state index >= 15 is 0 Å². The molecule has 0 aliphatic heterocycles. The van der Waals surface area contributed by atoms with Crippen LogP contribution in [-0.4, -0.2) is 35.0 Å². The first-order valence-corrected chi connectivity index (χ1v) is 5.55. The Morgan fingerprint density at radius 2 is 2.44 bits per heavy atom. The summed E-state index contributed by atoms with van der Waals surface area (Å²) in [5.74, 6) is -0.470. The standard InChI is InChI=1S/C11H15BFN3O2/c1-3-6-16(12(2)17)8-11(15-18)10-5-4-9(13)7-14-10/h3-5,7,11,17H,1,6,8H2,2H3. The van der Waals surface area contributed by atoms with E-state index in [9.17, 15) is 14.3 Å². The monoisotopic (exact) mass is 251 g/mol. The molecule has 0 bridgehead atoms. The Kier molecular flexibility index (Phi) is 5.61. The van der Waals surface area contributed by atoms with Crippen LogP contribution in [0.5, 0.6) is 0 Å². The van der Waals surface area contributed by atoms with Gasteiger partial charge in [-0.2, -0.15) is 4.91 Å². The average Bonchev–Trinajstić information content (AvgIpc) is 2.35. The summed E-state index contributed by atoms with van der Waals surface area (Å²) in [7, 11) is -0.729. The molecular weight excluding hydrogens is 236 g/mol. The first-order valence-electron chi connectivity index (χ1n) is 5.55. The van der Waals surface area contributed by atoms with Crippen LogP contribution in [0.15, 0.2) is 36.2 Å². The second-order valence-corrected chi connectivity index (χ2v) is 3.90. The van der Waals surface area contributed by atoms with Gasteiger partial charge in [0.25, 0.3) is 0 Å². The molecule has 0 saturated heterocycles. The van der Waals surface area contributed by atoms with Crippen molar-refractivity contribution in [2.24, 2.45) is 5.18 Å². The molecule has 1 aromatic heterocycles. The van der Waals surface area contributed by atoms with Gasteiger partial charge >= 0.3 is 7.05 Å². The van der Waals surface area contributed by atoms with Gasteiger partial charge in [-0.3, -0.25) is 4.98 Å². The van der Waals surface area contributed by atoms with Crippen molar-refractivity contribution in [3.63, 3.8) is 0 Å². The van der Waals surface area contributed by atoms with Crippen molar-refractivity contribution in [1.29, 1.82) is 0 Å². The van der Waals surface area contributed by atoms with E-state index in [1.165, 1.54) is 12.1 Å². The quantitative estimate of drug-likeness (QED) is 0.454. The first kappa shape index (κ1) is 14.5. The Morgan fingerprint density at radius 1 is 1.72 bits per heavy atom. The van der Waals surface area contributed by atoms with Gasteiger partial charge in [0, 0.05) is 13.1 Å². The highest BCUT2D eigenvalue weighted by molar-refractivity contribution is 6.45. The van der Waals surface area contributed by atoms with Crippen molar-refractivity contribution in [3.8, 4) is 0 Å². The maximum Gasteiger partial charge on any atom is 0.376 e. The minimum absolute atomic E-state index is 0.200. The Bertz CT molecular complexity index is 400. The molecule has 1 heterocycles. The summed E-state index contributed by atoms with van der Waals surface area (Å²) in [4.78, 5) is 16.3. The van der Waals surface area contributed by atoms with Crippen molar-refractivity contribution in [2.75, 3.05) is 13.1 Å². The van der Waals surface area contributed by atoms with Crippen molar-refractivity contribution in [3.05, 3.63) is 47.4 Å². The number of pyridine rings is 1. The molecule has 1 rings (SSSR count). The number of hydrogen-bond donors (Lipinski definition) is 1. The third-order valence-corrected chi connectivity index (χ3v) is 2.52. The average molecular weight is 251 g/mol. The van der Waals surface area contributed by atoms with E-state index in [0.717, 1.165) is 6.20 Å². The van der Waals surface area contributed by atoms with Crippen molar-refractivity contribution >= 4 is 7.05 Å². The predicted molar refractivity (Wildman–Crippen MR) is 68.3 cm³/mol. The van der Waals surface area contributed by atoms with Gasteiger partial charge in [-0.1, -0.05) is 11.3 Å². The van der Waals surface area contributed by atoms with Gasteiger partial charge in [0.2, 0.25) is 0 Å². The molecule has 0 fully saturated rings. The summed E-state index contributed by atoms with van der Waals surface area (Å²) in [5, 5.41) is 12.5. The molecule has 0 aromatic carbocycles. The minimum Gasteiger partial charge on any atom is -0.437 e. The maximum absolute atomic E-state index is 12.7. The Balaban J connectivity index is 2.79. The number of nitroso groups, excluding NO2 is 1. The molecule has 96 valence electrons. The molecular formula is C11H15BFN3O2. The second kappa shape index (κ2) is 6.98. The molecule has 0 saturated carbocycles. The number of aromatic nitrogens is 1. The van der Waals surface area contributed by atoms with Gasteiger partial charge in [-0.05, 0) is 19.0 Å². The van der Waals surface area contributed by atoms with Crippen LogP contribution in [0, 0.1) is 10.7 Å². The summed E-state index contributed by atoms with van der Waals surface area (Å²) in [6.07, 6.45) is 2.65. The second-order valence-electron chi connectivity index (χ2n) is 3.90. The van der Waals surface area contributed by atoms with E-state index in [2.05, 4.69) is 16.7 Å². The lowest BCUT2D eigenvalue weighted by Crippen LogP contribution is -2.39. The van der Waals surface area contributed by atoms with Crippen LogP contribution >= 0.6 is 0 Å². The molecule has 5 nitrogen and oxygen atoms in total. The first-order chi connectivity index (χ1) is 8.58. The SMILES string of the molecule is C=CCN(CC(N=O)c1ccc(F)cn1)B(C)O. The lowest BCUT2D eigenvalue weighted by molar-refractivity contribution is 0.368. The molecule has 18 heavy (non-hydrogen) atoms. The minimum atomic E-state index is -0.750. The normalized spacial score (nSPS) is 12.2. The molecule has 1 aromatic rings. The number of hydrogen-bond acceptors (Lipinski definition) is 5. The molecule has 0 spiro atoms. The zero-order valence-corrected chi connectivity index (χ0v) is 10.2. The maximum atomic E-state index is 12.7. The van der Waals surface area contributed by atoms with E-state index in [1.807, 2.05) is 0 Å². The van der Waals surface area contributed by atoms with Gasteiger partial charge in [0.1, 0.15) is 11.9 Å². The zero-order valence-electron chi connectivity index (χ0n) is 10.2. The number of nitrogens with zero attached hydrogens (tertiary/aromatic N) is 3. The molecule has 7 heteroatoms. The summed E-state index contributed by atoms with van der Waals surface area (Å²) < 4.78 is 12.7. The van der Waals surface area contributed by atoms with Crippen LogP contribution in [0.25, 0.3) is 0 Å². The molecule has 0 amide bonds. The van der Waals surface area contributed by atoms with Crippen LogP contribution in [0.4, 0.5) is 4.39 Å². The lowest BCUT2D eigenvalue weighted by atomic mass is 9.84. The predicted octanol–water partition coefficient (Wildman–Crippen LogP) is 1.63. The van der Waals surface area contributed by atoms with Crippen LogP contribution in [0.1, 0.15) is 11.7 Å². The Hall–Kier alpha value is -1.60. The fraction of sp³-hybridized carbons (Fsp3) is 0.364. The van der Waals surface area contributed by atoms with Crippen LogP contribution in [-0.2, 0) is 0 Å². The summed E-state index contributed by atoms with van der Waals surface area (Å²) in [6.45, 7) is 5.78. The third-order valence-electron chi connectivity index (χ3n) is 2.52. The van der Waals surface area contributed by atoms with Crippen LogP contribution in [0.3, 0.4) is 0 Å². The fourth-order valence-electron chi connectivity index (χ4n) is 1.53. The number of halogens is 1. The summed E-state index contributed by atoms with van der Waals surface area (Å²) in [5.41, 5.74) is 0.376. The van der Waals surface area contributed by atoms with Gasteiger partial charge in [-0.15, -0.1) is 6.58 Å². The highest BCUT2D eigenvalue weighted by Gasteiger charge is 2.22. The highest BCUT2D eigenvalue weighted by atomic mass is 19.1. The molecule has 1 unspecified atom stereocenters. The molecule has 0 aliphatic carbocycles. The highest BCUT2D eigenvalue weighted by Crippen LogP contribution is 2.17. The van der Waals surface area contributed by atoms with E-state index in [4.69, 9.17) is 0 Å². The van der Waals surface area contributed by atoms with Crippen molar-refractivity contribution < 1.29 is 9.41 Å². The van der Waals surface area contributed by atoms with Crippen LogP contribution < -0.4 is 0 Å². The molecule has 1 N–H and O–H groups in total. The van der Waals surface area contributed by atoms with Crippen molar-refractivity contribution in [1.82, 2.24) is 9.79 Å². The van der Waals surface area contributed by atoms with E-state index in [0.29, 0.717) is 12.2 Å². The number of rotatable bonds is 7. The summed E-state index contributed by atoms with van der Waals surface area (Å²) in [6, 6.07) is 1.89. The Morgan fingerprint density at radius 3 is 2.89 bits per heavy atom. The fourth-order valence-corrected chi connectivity index (χ4v) is 1.53. The molecule has 0 aliphatic rings. The molecule has 1 atom stereocenters. The van der Waals surface area contributed by atoms with Gasteiger partial charge < -0.3 is 9.83 Å². The van der Waals surface area contributed by atoms with Gasteiger partial charge in [0.05, 0.1) is 11.9 Å². The van der Waals surface area contributed by atoms with Crippen LogP contribution in [0.2, 0.25) is 6.82 Å². The van der Waals surface area contributed by atoms with E-state index < -0.39 is 18.9 Å². The van der Waals surface area contributed by atoms with E-state index in [-0.39, 0.29) is 6.54 Å². The lowest BCUT2D eigenvalue weighted by Gasteiger charge is -2.23. The van der Waals surface area contributed by atoms with Crippen molar-refractivity contribution in [2.45, 2.75) is 12.9 Å². The Labute approximate surface area is 105 Å².